The first-order valence-electron chi connectivity index (χ1n) is 9.09. The summed E-state index contributed by atoms with van der Waals surface area (Å²) in [5, 5.41) is 11.9. The molecule has 0 aliphatic carbocycles. The van der Waals surface area contributed by atoms with E-state index >= 15 is 0 Å². The molecule has 0 bridgehead atoms. The summed E-state index contributed by atoms with van der Waals surface area (Å²) in [5.74, 6) is -1.04. The number of carbonyl (C=O) groups excluding carboxylic acids is 2. The molecule has 0 unspecified atom stereocenters. The van der Waals surface area contributed by atoms with Crippen LogP contribution in [-0.4, -0.2) is 35.5 Å². The van der Waals surface area contributed by atoms with E-state index in [1.54, 1.807) is 31.2 Å². The standard InChI is InChI=1S/C21H22N2O5/c1-14-21(27)23(17-9-5-6-10-18(17)28-14)13-19(24)22-16(11-12-20(25)26)15-7-3-2-4-8-15/h2-10,14,16H,11-13H2,1H3,(H,22,24)(H,25,26)/t14-,16+/m0/s1. The highest BCUT2D eigenvalue weighted by Gasteiger charge is 2.32. The smallest absolute Gasteiger partial charge is 0.303 e. The minimum Gasteiger partial charge on any atom is -0.481 e. The lowest BCUT2D eigenvalue weighted by Crippen LogP contribution is -2.49. The minimum atomic E-state index is -0.929. The van der Waals surface area contributed by atoms with Gasteiger partial charge < -0.3 is 15.2 Å². The Kier molecular flexibility index (Phi) is 5.93. The van der Waals surface area contributed by atoms with E-state index in [0.29, 0.717) is 11.4 Å². The number of anilines is 1. The van der Waals surface area contributed by atoms with Crippen molar-refractivity contribution in [1.82, 2.24) is 5.32 Å². The molecule has 0 saturated heterocycles. The van der Waals surface area contributed by atoms with Gasteiger partial charge in [0.25, 0.3) is 5.91 Å². The van der Waals surface area contributed by atoms with Gasteiger partial charge in [-0.2, -0.15) is 0 Å². The van der Waals surface area contributed by atoms with Crippen LogP contribution in [0.15, 0.2) is 54.6 Å². The van der Waals surface area contributed by atoms with Crippen molar-refractivity contribution in [2.45, 2.75) is 31.9 Å². The third kappa shape index (κ3) is 4.49. The monoisotopic (exact) mass is 382 g/mol. The van der Waals surface area contributed by atoms with Crippen LogP contribution < -0.4 is 15.0 Å². The van der Waals surface area contributed by atoms with Gasteiger partial charge in [0, 0.05) is 6.42 Å². The van der Waals surface area contributed by atoms with Crippen LogP contribution in [0.1, 0.15) is 31.4 Å². The Bertz CT molecular complexity index is 868. The Morgan fingerprint density at radius 2 is 1.82 bits per heavy atom. The zero-order chi connectivity index (χ0) is 20.1. The second-order valence-corrected chi connectivity index (χ2v) is 6.62. The molecule has 2 atom stereocenters. The Morgan fingerprint density at radius 3 is 2.54 bits per heavy atom. The lowest BCUT2D eigenvalue weighted by molar-refractivity contribution is -0.137. The number of hydrogen-bond donors (Lipinski definition) is 2. The average Bonchev–Trinajstić information content (AvgIpc) is 2.69. The van der Waals surface area contributed by atoms with Gasteiger partial charge in [-0.3, -0.25) is 19.3 Å². The molecule has 2 aromatic rings. The summed E-state index contributed by atoms with van der Waals surface area (Å²) in [7, 11) is 0. The van der Waals surface area contributed by atoms with Gasteiger partial charge in [-0.05, 0) is 31.0 Å². The summed E-state index contributed by atoms with van der Waals surface area (Å²) in [6.07, 6.45) is -0.495. The van der Waals surface area contributed by atoms with Crippen LogP contribution >= 0.6 is 0 Å². The van der Waals surface area contributed by atoms with Crippen molar-refractivity contribution in [2.24, 2.45) is 0 Å². The molecule has 0 spiro atoms. The highest BCUT2D eigenvalue weighted by Crippen LogP contribution is 2.33. The van der Waals surface area contributed by atoms with Crippen LogP contribution in [0.3, 0.4) is 0 Å². The second kappa shape index (κ2) is 8.56. The topological polar surface area (TPSA) is 95.9 Å². The van der Waals surface area contributed by atoms with Crippen LogP contribution in [0.2, 0.25) is 0 Å². The molecular weight excluding hydrogens is 360 g/mol. The van der Waals surface area contributed by atoms with E-state index in [9.17, 15) is 14.4 Å². The second-order valence-electron chi connectivity index (χ2n) is 6.62. The first-order chi connectivity index (χ1) is 13.5. The summed E-state index contributed by atoms with van der Waals surface area (Å²) in [6, 6.07) is 15.8. The highest BCUT2D eigenvalue weighted by molar-refractivity contribution is 6.03. The zero-order valence-electron chi connectivity index (χ0n) is 15.5. The third-order valence-corrected chi connectivity index (χ3v) is 4.56. The van der Waals surface area contributed by atoms with Gasteiger partial charge in [0.15, 0.2) is 6.10 Å². The molecule has 2 amide bonds. The van der Waals surface area contributed by atoms with Crippen molar-refractivity contribution < 1.29 is 24.2 Å². The number of carboxylic acids is 1. The fourth-order valence-electron chi connectivity index (χ4n) is 3.18. The van der Waals surface area contributed by atoms with Crippen molar-refractivity contribution in [1.29, 1.82) is 0 Å². The number of ether oxygens (including phenoxy) is 1. The van der Waals surface area contributed by atoms with E-state index in [2.05, 4.69) is 5.32 Å². The molecule has 7 heteroatoms. The molecule has 1 aliphatic heterocycles. The first kappa shape index (κ1) is 19.4. The Morgan fingerprint density at radius 1 is 1.14 bits per heavy atom. The van der Waals surface area contributed by atoms with E-state index in [-0.39, 0.29) is 31.2 Å². The molecule has 2 N–H and O–H groups in total. The van der Waals surface area contributed by atoms with Crippen molar-refractivity contribution in [2.75, 3.05) is 11.4 Å². The van der Waals surface area contributed by atoms with E-state index < -0.39 is 18.1 Å². The quantitative estimate of drug-likeness (QED) is 0.767. The number of fused-ring (bicyclic) bond motifs is 1. The van der Waals surface area contributed by atoms with E-state index in [4.69, 9.17) is 9.84 Å². The fourth-order valence-corrected chi connectivity index (χ4v) is 3.18. The molecule has 0 aromatic heterocycles. The van der Waals surface area contributed by atoms with Gasteiger partial charge in [-0.15, -0.1) is 0 Å². The van der Waals surface area contributed by atoms with Gasteiger partial charge in [0.1, 0.15) is 12.3 Å². The number of benzene rings is 2. The van der Waals surface area contributed by atoms with Crippen molar-refractivity contribution in [3.8, 4) is 5.75 Å². The fraction of sp³-hybridized carbons (Fsp3) is 0.286. The molecule has 0 radical (unpaired) electrons. The van der Waals surface area contributed by atoms with Crippen LogP contribution in [0, 0.1) is 0 Å². The van der Waals surface area contributed by atoms with Gasteiger partial charge in [0.2, 0.25) is 5.91 Å². The largest absolute Gasteiger partial charge is 0.481 e. The molecule has 146 valence electrons. The van der Waals surface area contributed by atoms with E-state index in [1.165, 1.54) is 4.90 Å². The summed E-state index contributed by atoms with van der Waals surface area (Å²) in [5.41, 5.74) is 1.36. The number of nitrogens with one attached hydrogen (secondary N) is 1. The molecule has 0 saturated carbocycles. The summed E-state index contributed by atoms with van der Waals surface area (Å²) >= 11 is 0. The maximum absolute atomic E-state index is 12.7. The van der Waals surface area contributed by atoms with Gasteiger partial charge in [-0.1, -0.05) is 42.5 Å². The number of para-hydroxylation sites is 2. The number of amides is 2. The minimum absolute atomic E-state index is 0.0732. The van der Waals surface area contributed by atoms with E-state index in [0.717, 1.165) is 5.56 Å². The molecular formula is C21H22N2O5. The maximum atomic E-state index is 12.7. The number of nitrogens with zero attached hydrogens (tertiary/aromatic N) is 1. The van der Waals surface area contributed by atoms with Crippen LogP contribution in [0.4, 0.5) is 5.69 Å². The predicted octanol–water partition coefficient (Wildman–Crippen LogP) is 2.52. The summed E-state index contributed by atoms with van der Waals surface area (Å²) < 4.78 is 5.58. The highest BCUT2D eigenvalue weighted by atomic mass is 16.5. The zero-order valence-corrected chi connectivity index (χ0v) is 15.5. The number of aliphatic carboxylic acids is 1. The SMILES string of the molecule is C[C@@H]1Oc2ccccc2N(CC(=O)N[C@H](CCC(=O)O)c2ccccc2)C1=O. The molecule has 28 heavy (non-hydrogen) atoms. The molecule has 0 fully saturated rings. The van der Waals surface area contributed by atoms with E-state index in [1.807, 2.05) is 30.3 Å². The van der Waals surface area contributed by atoms with Crippen molar-refractivity contribution in [3.63, 3.8) is 0 Å². The number of carbonyl (C=O) groups is 3. The van der Waals surface area contributed by atoms with Gasteiger partial charge in [-0.25, -0.2) is 0 Å². The third-order valence-electron chi connectivity index (χ3n) is 4.56. The Hall–Kier alpha value is -3.35. The van der Waals surface area contributed by atoms with Gasteiger partial charge >= 0.3 is 5.97 Å². The predicted molar refractivity (Wildman–Crippen MR) is 103 cm³/mol. The molecule has 1 heterocycles. The van der Waals surface area contributed by atoms with Crippen LogP contribution in [0.25, 0.3) is 0 Å². The Balaban J connectivity index is 1.75. The van der Waals surface area contributed by atoms with Crippen LogP contribution in [0.5, 0.6) is 5.75 Å². The lowest BCUT2D eigenvalue weighted by atomic mass is 10.0. The molecule has 1 aliphatic rings. The summed E-state index contributed by atoms with van der Waals surface area (Å²) in [4.78, 5) is 37.6. The van der Waals surface area contributed by atoms with Gasteiger partial charge in [0.05, 0.1) is 11.7 Å². The maximum Gasteiger partial charge on any atom is 0.303 e. The Labute approximate surface area is 162 Å². The molecule has 3 rings (SSSR count). The average molecular weight is 382 g/mol. The first-order valence-corrected chi connectivity index (χ1v) is 9.09. The number of rotatable bonds is 7. The number of hydrogen-bond acceptors (Lipinski definition) is 4. The number of carboxylic acid groups (broad SMARTS) is 1. The lowest BCUT2D eigenvalue weighted by Gasteiger charge is -2.33. The molecule has 2 aromatic carbocycles. The van der Waals surface area contributed by atoms with Crippen molar-refractivity contribution >= 4 is 23.5 Å². The van der Waals surface area contributed by atoms with Crippen LogP contribution in [-0.2, 0) is 14.4 Å². The van der Waals surface area contributed by atoms with Crippen molar-refractivity contribution in [3.05, 3.63) is 60.2 Å². The summed E-state index contributed by atoms with van der Waals surface area (Å²) in [6.45, 7) is 1.47. The molecule has 7 nitrogen and oxygen atoms in total. The normalized spacial score (nSPS) is 16.7.